The third kappa shape index (κ3) is 4.94. The summed E-state index contributed by atoms with van der Waals surface area (Å²) in [4.78, 5) is 39.0. The zero-order valence-corrected chi connectivity index (χ0v) is 19.2. The van der Waals surface area contributed by atoms with E-state index in [0.29, 0.717) is 28.4 Å². The molecule has 3 aromatic rings. The number of esters is 1. The summed E-state index contributed by atoms with van der Waals surface area (Å²) >= 11 is 6.22. The molecule has 172 valence electrons. The van der Waals surface area contributed by atoms with Gasteiger partial charge >= 0.3 is 5.97 Å². The van der Waals surface area contributed by atoms with Crippen LogP contribution in [0.1, 0.15) is 24.2 Å². The van der Waals surface area contributed by atoms with Crippen molar-refractivity contribution in [2.24, 2.45) is 0 Å². The van der Waals surface area contributed by atoms with E-state index in [-0.39, 0.29) is 16.8 Å². The molecule has 8 heteroatoms. The van der Waals surface area contributed by atoms with Gasteiger partial charge in [0.1, 0.15) is 22.2 Å². The first-order valence-electron chi connectivity index (χ1n) is 10.5. The predicted molar refractivity (Wildman–Crippen MR) is 129 cm³/mol. The lowest BCUT2D eigenvalue weighted by molar-refractivity contribution is -0.120. The van der Waals surface area contributed by atoms with Gasteiger partial charge in [-0.25, -0.2) is 9.69 Å². The normalized spacial score (nSPS) is 13.5. The van der Waals surface area contributed by atoms with Crippen LogP contribution in [0.3, 0.4) is 0 Å². The first-order chi connectivity index (χ1) is 16.3. The van der Waals surface area contributed by atoms with Crippen LogP contribution in [0.25, 0.3) is 0 Å². The van der Waals surface area contributed by atoms with Gasteiger partial charge in [-0.3, -0.25) is 9.59 Å². The van der Waals surface area contributed by atoms with Gasteiger partial charge < -0.3 is 14.8 Å². The number of amides is 2. The van der Waals surface area contributed by atoms with E-state index in [1.807, 2.05) is 30.3 Å². The van der Waals surface area contributed by atoms with Gasteiger partial charge in [0.25, 0.3) is 11.8 Å². The summed E-state index contributed by atoms with van der Waals surface area (Å²) in [6.07, 6.45) is -0.270. The fourth-order valence-electron chi connectivity index (χ4n) is 3.28. The van der Waals surface area contributed by atoms with Crippen LogP contribution in [0.2, 0.25) is 0 Å². The molecule has 7 nitrogen and oxygen atoms in total. The van der Waals surface area contributed by atoms with Crippen molar-refractivity contribution in [3.63, 3.8) is 0 Å². The van der Waals surface area contributed by atoms with Crippen LogP contribution in [0.5, 0.6) is 11.5 Å². The predicted octanol–water partition coefficient (Wildman–Crippen LogP) is 5.48. The smallest absolute Gasteiger partial charge is 0.338 e. The lowest BCUT2D eigenvalue weighted by Crippen LogP contribution is -2.32. The van der Waals surface area contributed by atoms with Gasteiger partial charge in [0.15, 0.2) is 0 Å². The van der Waals surface area contributed by atoms with E-state index >= 15 is 0 Å². The summed E-state index contributed by atoms with van der Waals surface area (Å²) < 4.78 is 10.9. The highest BCUT2D eigenvalue weighted by Crippen LogP contribution is 2.32. The zero-order valence-electron chi connectivity index (χ0n) is 18.4. The van der Waals surface area contributed by atoms with Gasteiger partial charge in [0, 0.05) is 5.69 Å². The Bertz CT molecular complexity index is 1270. The molecule has 1 aliphatic heterocycles. The molecule has 0 saturated carbocycles. The van der Waals surface area contributed by atoms with Crippen LogP contribution in [0, 0.1) is 0 Å². The van der Waals surface area contributed by atoms with E-state index in [1.54, 1.807) is 56.3 Å². The van der Waals surface area contributed by atoms with E-state index in [0.717, 1.165) is 4.90 Å². The highest BCUT2D eigenvalue weighted by atomic mass is 35.5. The number of nitrogens with one attached hydrogen (secondary N) is 1. The maximum Gasteiger partial charge on any atom is 0.338 e. The maximum absolute atomic E-state index is 13.0. The van der Waals surface area contributed by atoms with Crippen molar-refractivity contribution in [3.05, 3.63) is 95.2 Å². The first kappa shape index (κ1) is 23.1. The number of hydrogen-bond acceptors (Lipinski definition) is 6. The Morgan fingerprint density at radius 1 is 0.882 bits per heavy atom. The van der Waals surface area contributed by atoms with E-state index in [4.69, 9.17) is 21.1 Å². The third-order valence-electron chi connectivity index (χ3n) is 4.81. The topological polar surface area (TPSA) is 84.9 Å². The number of halogens is 1. The monoisotopic (exact) mass is 476 g/mol. The standard InChI is InChI=1S/C26H21ClN2O5/c1-16(2)33-26(32)17-7-6-8-18(15-17)28-23-22(27)24(30)29(25(23)31)19-11-13-21(14-12-19)34-20-9-4-3-5-10-20/h3-16,28H,1-2H3. The molecule has 0 unspecified atom stereocenters. The average Bonchev–Trinajstić information content (AvgIpc) is 3.03. The SMILES string of the molecule is CC(C)OC(=O)c1cccc(NC2=C(Cl)C(=O)N(c3ccc(Oc4ccccc4)cc3)C2=O)c1. The maximum atomic E-state index is 13.0. The van der Waals surface area contributed by atoms with Crippen molar-refractivity contribution in [2.75, 3.05) is 10.2 Å². The Morgan fingerprint density at radius 3 is 2.24 bits per heavy atom. The van der Waals surface area contributed by atoms with Crippen molar-refractivity contribution in [3.8, 4) is 11.5 Å². The minimum absolute atomic E-state index is 0.0781. The summed E-state index contributed by atoms with van der Waals surface area (Å²) in [7, 11) is 0. The summed E-state index contributed by atoms with van der Waals surface area (Å²) in [5.41, 5.74) is 0.990. The second kappa shape index (κ2) is 9.80. The number of carbonyl (C=O) groups excluding carboxylic acids is 3. The van der Waals surface area contributed by atoms with E-state index in [9.17, 15) is 14.4 Å². The lowest BCUT2D eigenvalue weighted by atomic mass is 10.2. The quantitative estimate of drug-likeness (QED) is 0.359. The first-order valence-corrected chi connectivity index (χ1v) is 10.9. The fraction of sp³-hybridized carbons (Fsp3) is 0.115. The number of carbonyl (C=O) groups is 3. The number of hydrogen-bond donors (Lipinski definition) is 1. The van der Waals surface area contributed by atoms with E-state index in [1.165, 1.54) is 6.07 Å². The third-order valence-corrected chi connectivity index (χ3v) is 5.16. The van der Waals surface area contributed by atoms with Crippen molar-refractivity contribution in [2.45, 2.75) is 20.0 Å². The zero-order chi connectivity index (χ0) is 24.2. The van der Waals surface area contributed by atoms with Crippen molar-refractivity contribution >= 4 is 40.8 Å². The van der Waals surface area contributed by atoms with E-state index < -0.39 is 17.8 Å². The van der Waals surface area contributed by atoms with Gasteiger partial charge in [-0.05, 0) is 68.4 Å². The molecule has 0 radical (unpaired) electrons. The summed E-state index contributed by atoms with van der Waals surface area (Å²) in [5, 5.41) is 2.62. The molecule has 4 rings (SSSR count). The van der Waals surface area contributed by atoms with Crippen LogP contribution in [-0.4, -0.2) is 23.9 Å². The van der Waals surface area contributed by atoms with Crippen LogP contribution >= 0.6 is 11.6 Å². The molecule has 0 spiro atoms. The number of para-hydroxylation sites is 1. The Morgan fingerprint density at radius 2 is 1.56 bits per heavy atom. The average molecular weight is 477 g/mol. The summed E-state index contributed by atoms with van der Waals surface area (Å²) in [6, 6.07) is 22.2. The fourth-order valence-corrected chi connectivity index (χ4v) is 3.50. The summed E-state index contributed by atoms with van der Waals surface area (Å²) in [6.45, 7) is 3.50. The Balaban J connectivity index is 1.50. The Labute approximate surface area is 201 Å². The molecule has 1 aliphatic rings. The molecule has 0 aliphatic carbocycles. The Hall–Kier alpha value is -4.10. The van der Waals surface area contributed by atoms with Crippen molar-refractivity contribution in [1.29, 1.82) is 0 Å². The summed E-state index contributed by atoms with van der Waals surface area (Å²) in [5.74, 6) is -0.536. The molecule has 2 amide bonds. The number of anilines is 2. The van der Waals surface area contributed by atoms with E-state index in [2.05, 4.69) is 5.32 Å². The lowest BCUT2D eigenvalue weighted by Gasteiger charge is -2.16. The van der Waals surface area contributed by atoms with Crippen molar-refractivity contribution < 1.29 is 23.9 Å². The molecule has 1 heterocycles. The molecular formula is C26H21ClN2O5. The van der Waals surface area contributed by atoms with Gasteiger partial charge in [-0.15, -0.1) is 0 Å². The minimum Gasteiger partial charge on any atom is -0.459 e. The van der Waals surface area contributed by atoms with Crippen LogP contribution in [-0.2, 0) is 14.3 Å². The molecular weight excluding hydrogens is 456 g/mol. The van der Waals surface area contributed by atoms with Crippen LogP contribution < -0.4 is 15.0 Å². The van der Waals surface area contributed by atoms with Gasteiger partial charge in [0.2, 0.25) is 0 Å². The minimum atomic E-state index is -0.652. The molecule has 0 bridgehead atoms. The van der Waals surface area contributed by atoms with Gasteiger partial charge in [-0.1, -0.05) is 35.9 Å². The molecule has 0 fully saturated rings. The highest BCUT2D eigenvalue weighted by molar-refractivity contribution is 6.53. The number of ether oxygens (including phenoxy) is 2. The molecule has 3 aromatic carbocycles. The second-order valence-corrected chi connectivity index (χ2v) is 8.08. The Kier molecular flexibility index (Phi) is 6.65. The number of benzene rings is 3. The number of rotatable bonds is 7. The highest BCUT2D eigenvalue weighted by Gasteiger charge is 2.39. The molecule has 0 atom stereocenters. The molecule has 34 heavy (non-hydrogen) atoms. The van der Waals surface area contributed by atoms with Gasteiger partial charge in [-0.2, -0.15) is 0 Å². The number of imide groups is 1. The largest absolute Gasteiger partial charge is 0.459 e. The molecule has 0 saturated heterocycles. The second-order valence-electron chi connectivity index (χ2n) is 7.70. The van der Waals surface area contributed by atoms with Gasteiger partial charge in [0.05, 0.1) is 17.4 Å². The number of nitrogens with zero attached hydrogens (tertiary/aromatic N) is 1. The van der Waals surface area contributed by atoms with Crippen LogP contribution in [0.4, 0.5) is 11.4 Å². The molecule has 0 aromatic heterocycles. The van der Waals surface area contributed by atoms with Crippen molar-refractivity contribution in [1.82, 2.24) is 0 Å². The molecule has 1 N–H and O–H groups in total. The van der Waals surface area contributed by atoms with Crippen LogP contribution in [0.15, 0.2) is 89.6 Å².